The van der Waals surface area contributed by atoms with Gasteiger partial charge >= 0.3 is 0 Å². The van der Waals surface area contributed by atoms with E-state index in [1.165, 1.54) is 23.2 Å². The molecule has 4 nitrogen and oxygen atoms in total. The molecule has 16 heavy (non-hydrogen) atoms. The predicted molar refractivity (Wildman–Crippen MR) is 63.1 cm³/mol. The van der Waals surface area contributed by atoms with Gasteiger partial charge in [0, 0.05) is 42.2 Å². The largest absolute Gasteiger partial charge is 0.367 e. The standard InChI is InChI=1S/C12H16N4/c13-5-3-10-12(9-4-6-14-8-9)11-2-1-7-16(11)15-10/h4,6,8,14H,1-3,5,7,13H2. The first-order valence-corrected chi connectivity index (χ1v) is 5.82. The highest BCUT2D eigenvalue weighted by atomic mass is 15.3. The number of nitrogens with two attached hydrogens (primary N) is 1. The number of nitrogens with one attached hydrogen (secondary N) is 1. The average Bonchev–Trinajstić information content (AvgIpc) is 2.91. The number of hydrogen-bond acceptors (Lipinski definition) is 2. The lowest BCUT2D eigenvalue weighted by atomic mass is 10.0. The van der Waals surface area contributed by atoms with Crippen molar-refractivity contribution in [1.29, 1.82) is 0 Å². The van der Waals surface area contributed by atoms with E-state index in [1.807, 2.05) is 12.4 Å². The second kappa shape index (κ2) is 3.79. The second-order valence-corrected chi connectivity index (χ2v) is 4.23. The molecule has 0 fully saturated rings. The Morgan fingerprint density at radius 1 is 1.50 bits per heavy atom. The third kappa shape index (κ3) is 1.38. The summed E-state index contributed by atoms with van der Waals surface area (Å²) in [4.78, 5) is 3.11. The second-order valence-electron chi connectivity index (χ2n) is 4.23. The lowest BCUT2D eigenvalue weighted by Gasteiger charge is -2.00. The Kier molecular flexibility index (Phi) is 2.29. The molecule has 4 heteroatoms. The van der Waals surface area contributed by atoms with Crippen LogP contribution < -0.4 is 5.73 Å². The van der Waals surface area contributed by atoms with Gasteiger partial charge in [-0.1, -0.05) is 0 Å². The van der Waals surface area contributed by atoms with Gasteiger partial charge in [0.1, 0.15) is 0 Å². The number of H-pyrrole nitrogens is 1. The monoisotopic (exact) mass is 216 g/mol. The Morgan fingerprint density at radius 2 is 2.44 bits per heavy atom. The average molecular weight is 216 g/mol. The van der Waals surface area contributed by atoms with Gasteiger partial charge in [0.25, 0.3) is 0 Å². The van der Waals surface area contributed by atoms with E-state index >= 15 is 0 Å². The van der Waals surface area contributed by atoms with Crippen LogP contribution in [0.1, 0.15) is 17.8 Å². The third-order valence-electron chi connectivity index (χ3n) is 3.18. The van der Waals surface area contributed by atoms with Gasteiger partial charge in [-0.2, -0.15) is 5.10 Å². The molecule has 3 N–H and O–H groups in total. The minimum absolute atomic E-state index is 0.661. The van der Waals surface area contributed by atoms with Gasteiger partial charge < -0.3 is 10.7 Å². The SMILES string of the molecule is NCCc1nn2c(c1-c1cc[nH]c1)CCC2. The molecule has 84 valence electrons. The Bertz CT molecular complexity index is 481. The van der Waals surface area contributed by atoms with Gasteiger partial charge in [0.15, 0.2) is 0 Å². The Balaban J connectivity index is 2.13. The maximum atomic E-state index is 5.64. The molecule has 2 aromatic rings. The molecule has 2 aromatic heterocycles. The van der Waals surface area contributed by atoms with Gasteiger partial charge in [-0.3, -0.25) is 4.68 Å². The molecule has 3 heterocycles. The van der Waals surface area contributed by atoms with E-state index in [-0.39, 0.29) is 0 Å². The van der Waals surface area contributed by atoms with Crippen molar-refractivity contribution in [1.82, 2.24) is 14.8 Å². The summed E-state index contributed by atoms with van der Waals surface area (Å²) >= 11 is 0. The molecule has 0 amide bonds. The van der Waals surface area contributed by atoms with Crippen LogP contribution in [0.15, 0.2) is 18.5 Å². The summed E-state index contributed by atoms with van der Waals surface area (Å²) in [5, 5.41) is 4.66. The number of aromatic amines is 1. The van der Waals surface area contributed by atoms with E-state index < -0.39 is 0 Å². The van der Waals surface area contributed by atoms with Crippen molar-refractivity contribution in [3.8, 4) is 11.1 Å². The zero-order chi connectivity index (χ0) is 11.0. The molecule has 0 unspecified atom stereocenters. The molecule has 3 rings (SSSR count). The summed E-state index contributed by atoms with van der Waals surface area (Å²) in [6.07, 6.45) is 7.21. The van der Waals surface area contributed by atoms with E-state index in [0.29, 0.717) is 6.54 Å². The predicted octanol–water partition coefficient (Wildman–Crippen LogP) is 1.33. The van der Waals surface area contributed by atoms with Crippen LogP contribution in [0.3, 0.4) is 0 Å². The number of rotatable bonds is 3. The molecule has 0 aliphatic carbocycles. The molecule has 1 aliphatic heterocycles. The van der Waals surface area contributed by atoms with E-state index in [4.69, 9.17) is 5.73 Å². The fourth-order valence-corrected chi connectivity index (χ4v) is 2.51. The van der Waals surface area contributed by atoms with Crippen LogP contribution in [0.5, 0.6) is 0 Å². The van der Waals surface area contributed by atoms with Crippen molar-refractivity contribution in [2.24, 2.45) is 5.73 Å². The fourth-order valence-electron chi connectivity index (χ4n) is 2.51. The van der Waals surface area contributed by atoms with Crippen molar-refractivity contribution < 1.29 is 0 Å². The van der Waals surface area contributed by atoms with Crippen molar-refractivity contribution in [2.45, 2.75) is 25.8 Å². The first kappa shape index (κ1) is 9.66. The summed E-state index contributed by atoms with van der Waals surface area (Å²) < 4.78 is 2.15. The Morgan fingerprint density at radius 3 is 3.19 bits per heavy atom. The molecule has 1 aliphatic rings. The van der Waals surface area contributed by atoms with E-state index in [0.717, 1.165) is 25.1 Å². The highest BCUT2D eigenvalue weighted by Crippen LogP contribution is 2.31. The summed E-state index contributed by atoms with van der Waals surface area (Å²) in [7, 11) is 0. The highest BCUT2D eigenvalue weighted by molar-refractivity contribution is 5.68. The molecule has 0 radical (unpaired) electrons. The molecule has 0 atom stereocenters. The van der Waals surface area contributed by atoms with Gasteiger partial charge in [-0.15, -0.1) is 0 Å². The van der Waals surface area contributed by atoms with Crippen LogP contribution in [-0.4, -0.2) is 21.3 Å². The van der Waals surface area contributed by atoms with E-state index in [2.05, 4.69) is 20.8 Å². The van der Waals surface area contributed by atoms with Crippen molar-refractivity contribution in [2.75, 3.05) is 6.54 Å². The van der Waals surface area contributed by atoms with Crippen LogP contribution in [0.25, 0.3) is 11.1 Å². The minimum atomic E-state index is 0.661. The minimum Gasteiger partial charge on any atom is -0.367 e. The fraction of sp³-hybridized carbons (Fsp3) is 0.417. The molecular formula is C12H16N4. The van der Waals surface area contributed by atoms with E-state index in [9.17, 15) is 0 Å². The third-order valence-corrected chi connectivity index (χ3v) is 3.18. The lowest BCUT2D eigenvalue weighted by molar-refractivity contribution is 0.643. The van der Waals surface area contributed by atoms with Gasteiger partial charge in [0.2, 0.25) is 0 Å². The van der Waals surface area contributed by atoms with Crippen LogP contribution in [0, 0.1) is 0 Å². The van der Waals surface area contributed by atoms with Crippen LogP contribution in [0.2, 0.25) is 0 Å². The molecular weight excluding hydrogens is 200 g/mol. The number of fused-ring (bicyclic) bond motifs is 1. The summed E-state index contributed by atoms with van der Waals surface area (Å²) in [6.45, 7) is 1.71. The topological polar surface area (TPSA) is 59.6 Å². The molecule has 0 bridgehead atoms. The molecule has 0 saturated heterocycles. The Hall–Kier alpha value is -1.55. The number of nitrogens with zero attached hydrogens (tertiary/aromatic N) is 2. The molecule has 0 saturated carbocycles. The molecule has 0 aromatic carbocycles. The van der Waals surface area contributed by atoms with Crippen molar-refractivity contribution in [3.63, 3.8) is 0 Å². The maximum absolute atomic E-state index is 5.64. The normalized spacial score (nSPS) is 14.3. The van der Waals surface area contributed by atoms with Crippen LogP contribution in [-0.2, 0) is 19.4 Å². The first-order chi connectivity index (χ1) is 7.90. The van der Waals surface area contributed by atoms with Gasteiger partial charge in [-0.25, -0.2) is 0 Å². The number of aromatic nitrogens is 3. The van der Waals surface area contributed by atoms with Crippen LogP contribution >= 0.6 is 0 Å². The number of aryl methyl sites for hydroxylation is 1. The summed E-state index contributed by atoms with van der Waals surface area (Å²) in [5.74, 6) is 0. The highest BCUT2D eigenvalue weighted by Gasteiger charge is 2.22. The number of hydrogen-bond donors (Lipinski definition) is 2. The summed E-state index contributed by atoms with van der Waals surface area (Å²) in [6, 6.07) is 2.11. The lowest BCUT2D eigenvalue weighted by Crippen LogP contribution is -2.05. The van der Waals surface area contributed by atoms with Crippen molar-refractivity contribution in [3.05, 3.63) is 29.8 Å². The van der Waals surface area contributed by atoms with Crippen molar-refractivity contribution >= 4 is 0 Å². The summed E-state index contributed by atoms with van der Waals surface area (Å²) in [5.41, 5.74) is 10.7. The maximum Gasteiger partial charge on any atom is 0.0719 e. The quantitative estimate of drug-likeness (QED) is 0.813. The first-order valence-electron chi connectivity index (χ1n) is 5.82. The zero-order valence-electron chi connectivity index (χ0n) is 9.24. The Labute approximate surface area is 94.5 Å². The van der Waals surface area contributed by atoms with Crippen LogP contribution in [0.4, 0.5) is 0 Å². The van der Waals surface area contributed by atoms with Gasteiger partial charge in [0.05, 0.1) is 5.69 Å². The smallest absolute Gasteiger partial charge is 0.0719 e. The molecule has 0 spiro atoms. The zero-order valence-corrected chi connectivity index (χ0v) is 9.24. The van der Waals surface area contributed by atoms with Gasteiger partial charge in [-0.05, 0) is 25.5 Å². The van der Waals surface area contributed by atoms with E-state index in [1.54, 1.807) is 0 Å².